The minimum Gasteiger partial charge on any atom is -0.310 e. The second kappa shape index (κ2) is 5.80. The SMILES string of the molecule is CCCNC1CC(C)(C)CCc2c(F)cc(C)c(F)c21. The normalized spacial score (nSPS) is 21.4. The largest absolute Gasteiger partial charge is 0.310 e. The van der Waals surface area contributed by atoms with E-state index in [4.69, 9.17) is 0 Å². The Hall–Kier alpha value is -0.960. The van der Waals surface area contributed by atoms with Gasteiger partial charge >= 0.3 is 0 Å². The van der Waals surface area contributed by atoms with Gasteiger partial charge in [-0.2, -0.15) is 0 Å². The molecule has 0 aliphatic heterocycles. The van der Waals surface area contributed by atoms with E-state index in [-0.39, 0.29) is 23.1 Å². The zero-order valence-electron chi connectivity index (χ0n) is 12.9. The van der Waals surface area contributed by atoms with Crippen molar-refractivity contribution < 1.29 is 8.78 Å². The summed E-state index contributed by atoms with van der Waals surface area (Å²) in [5.41, 5.74) is 1.65. The van der Waals surface area contributed by atoms with Gasteiger partial charge in [0.05, 0.1) is 0 Å². The smallest absolute Gasteiger partial charge is 0.131 e. The van der Waals surface area contributed by atoms with E-state index in [1.54, 1.807) is 6.92 Å². The van der Waals surface area contributed by atoms with Crippen LogP contribution in [-0.4, -0.2) is 6.54 Å². The third kappa shape index (κ3) is 3.03. The summed E-state index contributed by atoms with van der Waals surface area (Å²) in [4.78, 5) is 0. The molecule has 1 aromatic rings. The first-order valence-corrected chi connectivity index (χ1v) is 7.56. The van der Waals surface area contributed by atoms with Gasteiger partial charge in [0.1, 0.15) is 11.6 Å². The standard InChI is InChI=1S/C17H25F2N/c1-5-8-20-14-10-17(3,4)7-6-12-13(18)9-11(2)16(19)15(12)14/h9,14,20H,5-8,10H2,1-4H3. The van der Waals surface area contributed by atoms with Crippen molar-refractivity contribution in [1.82, 2.24) is 5.32 Å². The van der Waals surface area contributed by atoms with E-state index in [0.717, 1.165) is 25.8 Å². The van der Waals surface area contributed by atoms with Crippen molar-refractivity contribution >= 4 is 0 Å². The molecule has 1 atom stereocenters. The molecule has 0 fully saturated rings. The third-order valence-corrected chi connectivity index (χ3v) is 4.34. The highest BCUT2D eigenvalue weighted by molar-refractivity contribution is 5.38. The molecule has 0 saturated heterocycles. The third-order valence-electron chi connectivity index (χ3n) is 4.34. The van der Waals surface area contributed by atoms with E-state index >= 15 is 0 Å². The Kier molecular flexibility index (Phi) is 4.48. The second-order valence-electron chi connectivity index (χ2n) is 6.76. The molecule has 1 N–H and O–H groups in total. The van der Waals surface area contributed by atoms with E-state index in [1.165, 1.54) is 6.07 Å². The van der Waals surface area contributed by atoms with Crippen molar-refractivity contribution in [2.75, 3.05) is 6.54 Å². The predicted octanol–water partition coefficient (Wildman–Crippen LogP) is 4.68. The zero-order chi connectivity index (χ0) is 14.9. The van der Waals surface area contributed by atoms with E-state index in [1.807, 2.05) is 0 Å². The van der Waals surface area contributed by atoms with Gasteiger partial charge in [0.25, 0.3) is 0 Å². The van der Waals surface area contributed by atoms with Crippen molar-refractivity contribution in [2.24, 2.45) is 5.41 Å². The highest BCUT2D eigenvalue weighted by atomic mass is 19.1. The van der Waals surface area contributed by atoms with Crippen LogP contribution in [-0.2, 0) is 6.42 Å². The first-order chi connectivity index (χ1) is 9.35. The number of halogens is 2. The van der Waals surface area contributed by atoms with Crippen molar-refractivity contribution in [1.29, 1.82) is 0 Å². The van der Waals surface area contributed by atoms with Crippen LogP contribution in [0.25, 0.3) is 0 Å². The van der Waals surface area contributed by atoms with Crippen molar-refractivity contribution in [3.63, 3.8) is 0 Å². The minimum absolute atomic E-state index is 0.0863. The van der Waals surface area contributed by atoms with E-state index in [9.17, 15) is 8.78 Å². The maximum Gasteiger partial charge on any atom is 0.131 e. The van der Waals surface area contributed by atoms with Crippen LogP contribution in [0.4, 0.5) is 8.78 Å². The van der Waals surface area contributed by atoms with Gasteiger partial charge in [-0.3, -0.25) is 0 Å². The monoisotopic (exact) mass is 281 g/mol. The molecule has 20 heavy (non-hydrogen) atoms. The summed E-state index contributed by atoms with van der Waals surface area (Å²) in [7, 11) is 0. The Morgan fingerprint density at radius 3 is 2.70 bits per heavy atom. The lowest BCUT2D eigenvalue weighted by Crippen LogP contribution is -2.27. The lowest BCUT2D eigenvalue weighted by Gasteiger charge is -2.28. The van der Waals surface area contributed by atoms with Crippen LogP contribution in [0.15, 0.2) is 6.07 Å². The summed E-state index contributed by atoms with van der Waals surface area (Å²) in [5.74, 6) is -0.479. The summed E-state index contributed by atoms with van der Waals surface area (Å²) in [5, 5.41) is 3.41. The average Bonchev–Trinajstić information content (AvgIpc) is 2.50. The van der Waals surface area contributed by atoms with Gasteiger partial charge in [0.2, 0.25) is 0 Å². The molecular formula is C17H25F2N. The molecule has 1 unspecified atom stereocenters. The van der Waals surface area contributed by atoms with Crippen LogP contribution in [0.5, 0.6) is 0 Å². The van der Waals surface area contributed by atoms with Gasteiger partial charge in [0, 0.05) is 11.6 Å². The van der Waals surface area contributed by atoms with Gasteiger partial charge in [-0.15, -0.1) is 0 Å². The average molecular weight is 281 g/mol. The number of benzene rings is 1. The molecular weight excluding hydrogens is 256 g/mol. The number of fused-ring (bicyclic) bond motifs is 1. The summed E-state index contributed by atoms with van der Waals surface area (Å²) in [6.07, 6.45) is 3.35. The molecule has 1 aliphatic rings. The predicted molar refractivity (Wildman–Crippen MR) is 78.8 cm³/mol. The number of aryl methyl sites for hydroxylation is 1. The molecule has 0 bridgehead atoms. The maximum atomic E-state index is 14.6. The fourth-order valence-corrected chi connectivity index (χ4v) is 3.14. The fraction of sp³-hybridized carbons (Fsp3) is 0.647. The Morgan fingerprint density at radius 1 is 1.35 bits per heavy atom. The van der Waals surface area contributed by atoms with Gasteiger partial charge in [-0.05, 0) is 61.8 Å². The van der Waals surface area contributed by atoms with Crippen LogP contribution >= 0.6 is 0 Å². The van der Waals surface area contributed by atoms with Gasteiger partial charge in [-0.25, -0.2) is 8.78 Å². The van der Waals surface area contributed by atoms with Crippen LogP contribution < -0.4 is 5.32 Å². The topological polar surface area (TPSA) is 12.0 Å². The Bertz CT molecular complexity index is 494. The maximum absolute atomic E-state index is 14.6. The van der Waals surface area contributed by atoms with E-state index in [2.05, 4.69) is 26.1 Å². The summed E-state index contributed by atoms with van der Waals surface area (Å²) >= 11 is 0. The molecule has 112 valence electrons. The van der Waals surface area contributed by atoms with Crippen molar-refractivity contribution in [3.8, 4) is 0 Å². The lowest BCUT2D eigenvalue weighted by atomic mass is 9.83. The molecule has 0 amide bonds. The molecule has 1 nitrogen and oxygen atoms in total. The van der Waals surface area contributed by atoms with Crippen molar-refractivity contribution in [2.45, 2.75) is 59.4 Å². The molecule has 1 aliphatic carbocycles. The number of hydrogen-bond donors (Lipinski definition) is 1. The molecule has 0 saturated carbocycles. The molecule has 0 spiro atoms. The quantitative estimate of drug-likeness (QED) is 0.793. The molecule has 1 aromatic carbocycles. The molecule has 2 rings (SSSR count). The molecule has 3 heteroatoms. The second-order valence-corrected chi connectivity index (χ2v) is 6.76. The Labute approximate surface area is 120 Å². The van der Waals surface area contributed by atoms with Crippen LogP contribution in [0.2, 0.25) is 0 Å². The molecule has 0 heterocycles. The molecule has 0 radical (unpaired) electrons. The minimum atomic E-state index is -0.250. The lowest BCUT2D eigenvalue weighted by molar-refractivity contribution is 0.271. The first-order valence-electron chi connectivity index (χ1n) is 7.56. The zero-order valence-corrected chi connectivity index (χ0v) is 12.9. The number of nitrogens with one attached hydrogen (secondary N) is 1. The number of rotatable bonds is 3. The van der Waals surface area contributed by atoms with Crippen LogP contribution in [0.1, 0.15) is 62.8 Å². The Morgan fingerprint density at radius 2 is 2.05 bits per heavy atom. The fourth-order valence-electron chi connectivity index (χ4n) is 3.14. The molecule has 0 aromatic heterocycles. The van der Waals surface area contributed by atoms with Crippen LogP contribution in [0, 0.1) is 24.0 Å². The number of hydrogen-bond acceptors (Lipinski definition) is 1. The first kappa shape index (κ1) is 15.4. The summed E-state index contributed by atoms with van der Waals surface area (Å²) in [6.45, 7) is 8.92. The van der Waals surface area contributed by atoms with E-state index in [0.29, 0.717) is 23.1 Å². The Balaban J connectivity index is 2.51. The highest BCUT2D eigenvalue weighted by Gasteiger charge is 2.33. The summed E-state index contributed by atoms with van der Waals surface area (Å²) < 4.78 is 28.8. The summed E-state index contributed by atoms with van der Waals surface area (Å²) in [6, 6.07) is 1.25. The highest BCUT2D eigenvalue weighted by Crippen LogP contribution is 2.41. The van der Waals surface area contributed by atoms with Crippen molar-refractivity contribution in [3.05, 3.63) is 34.4 Å². The van der Waals surface area contributed by atoms with Gasteiger partial charge in [0.15, 0.2) is 0 Å². The van der Waals surface area contributed by atoms with Gasteiger partial charge < -0.3 is 5.32 Å². The van der Waals surface area contributed by atoms with E-state index < -0.39 is 0 Å². The van der Waals surface area contributed by atoms with Gasteiger partial charge in [-0.1, -0.05) is 20.8 Å². The van der Waals surface area contributed by atoms with Crippen LogP contribution in [0.3, 0.4) is 0 Å².